The number of imidazole rings is 1. The summed E-state index contributed by atoms with van der Waals surface area (Å²) in [4.78, 5) is 6.77. The normalized spacial score (nSPS) is 21.0. The Hall–Kier alpha value is -1.65. The van der Waals surface area contributed by atoms with Crippen molar-refractivity contribution in [2.75, 3.05) is 13.1 Å². The third kappa shape index (κ3) is 3.23. The number of aliphatic hydroxyl groups is 1. The molecule has 0 radical (unpaired) electrons. The average Bonchev–Trinajstić information content (AvgIpc) is 2.95. The molecule has 2 unspecified atom stereocenters. The van der Waals surface area contributed by atoms with Crippen LogP contribution in [-0.2, 0) is 13.6 Å². The molecule has 118 valence electrons. The number of aliphatic hydroxyl groups excluding tert-OH is 1. The van der Waals surface area contributed by atoms with Gasteiger partial charge in [-0.25, -0.2) is 4.98 Å². The van der Waals surface area contributed by atoms with Gasteiger partial charge in [0, 0.05) is 38.4 Å². The molecule has 1 aromatic carbocycles. The van der Waals surface area contributed by atoms with Crippen molar-refractivity contribution in [2.24, 2.45) is 13.0 Å². The Morgan fingerprint density at radius 2 is 2.18 bits per heavy atom. The molecule has 2 atom stereocenters. The number of likely N-dealkylation sites (tertiary alicyclic amines) is 1. The van der Waals surface area contributed by atoms with E-state index < -0.39 is 6.10 Å². The van der Waals surface area contributed by atoms with E-state index >= 15 is 0 Å². The Kier molecular flexibility index (Phi) is 4.60. The first-order valence-electron chi connectivity index (χ1n) is 8.07. The molecule has 1 fully saturated rings. The summed E-state index contributed by atoms with van der Waals surface area (Å²) in [5.74, 6) is 1.04. The third-order valence-electron chi connectivity index (χ3n) is 4.77. The highest BCUT2D eigenvalue weighted by molar-refractivity contribution is 5.25. The van der Waals surface area contributed by atoms with E-state index in [4.69, 9.17) is 0 Å². The molecule has 0 bridgehead atoms. The highest BCUT2D eigenvalue weighted by Crippen LogP contribution is 2.29. The Balaban J connectivity index is 1.67. The molecule has 1 saturated heterocycles. The predicted octanol–water partition coefficient (Wildman–Crippen LogP) is 2.67. The Bertz CT molecular complexity index is 622. The first kappa shape index (κ1) is 15.3. The molecular formula is C18H25N3O. The molecule has 2 aromatic rings. The van der Waals surface area contributed by atoms with E-state index in [9.17, 15) is 5.11 Å². The maximum atomic E-state index is 10.6. The Morgan fingerprint density at radius 3 is 2.91 bits per heavy atom. The molecule has 4 nitrogen and oxygen atoms in total. The zero-order valence-electron chi connectivity index (χ0n) is 13.4. The van der Waals surface area contributed by atoms with E-state index in [0.29, 0.717) is 0 Å². The molecule has 0 amide bonds. The number of aryl methyl sites for hydroxylation is 2. The van der Waals surface area contributed by atoms with Crippen LogP contribution in [0.4, 0.5) is 0 Å². The largest absolute Gasteiger partial charge is 0.385 e. The van der Waals surface area contributed by atoms with E-state index in [0.717, 1.165) is 38.3 Å². The van der Waals surface area contributed by atoms with Gasteiger partial charge in [0.15, 0.2) is 0 Å². The highest BCUT2D eigenvalue weighted by atomic mass is 16.3. The summed E-state index contributed by atoms with van der Waals surface area (Å²) in [5.41, 5.74) is 2.73. The predicted molar refractivity (Wildman–Crippen MR) is 87.3 cm³/mol. The van der Waals surface area contributed by atoms with Gasteiger partial charge in [0.1, 0.15) is 11.9 Å². The first-order chi connectivity index (χ1) is 10.6. The van der Waals surface area contributed by atoms with Crippen molar-refractivity contribution in [1.29, 1.82) is 0 Å². The van der Waals surface area contributed by atoms with Gasteiger partial charge < -0.3 is 9.67 Å². The number of rotatable bonds is 4. The fraction of sp³-hybridized carbons (Fsp3) is 0.500. The molecule has 0 spiro atoms. The molecule has 3 rings (SSSR count). The second-order valence-electron chi connectivity index (χ2n) is 6.41. The summed E-state index contributed by atoms with van der Waals surface area (Å²) in [5, 5.41) is 10.6. The fourth-order valence-electron chi connectivity index (χ4n) is 3.39. The van der Waals surface area contributed by atoms with Gasteiger partial charge in [-0.15, -0.1) is 0 Å². The number of nitrogens with zero attached hydrogens (tertiary/aromatic N) is 3. The maximum absolute atomic E-state index is 10.6. The van der Waals surface area contributed by atoms with Crippen LogP contribution in [-0.4, -0.2) is 32.6 Å². The fourth-order valence-corrected chi connectivity index (χ4v) is 3.39. The SMILES string of the molecule is Cc1ccccc1CN1CCCC(C(O)c2nccn2C)C1. The highest BCUT2D eigenvalue weighted by Gasteiger charge is 2.29. The van der Waals surface area contributed by atoms with Gasteiger partial charge in [0.05, 0.1) is 0 Å². The van der Waals surface area contributed by atoms with Gasteiger partial charge in [-0.05, 0) is 37.4 Å². The molecule has 1 aliphatic heterocycles. The zero-order chi connectivity index (χ0) is 15.5. The van der Waals surface area contributed by atoms with Gasteiger partial charge in [-0.3, -0.25) is 4.90 Å². The van der Waals surface area contributed by atoms with Gasteiger partial charge >= 0.3 is 0 Å². The molecule has 2 heterocycles. The minimum absolute atomic E-state index is 0.263. The van der Waals surface area contributed by atoms with E-state index in [2.05, 4.69) is 41.1 Å². The minimum atomic E-state index is -0.473. The number of piperidine rings is 1. The van der Waals surface area contributed by atoms with Crippen molar-refractivity contribution in [3.05, 3.63) is 53.6 Å². The van der Waals surface area contributed by atoms with Gasteiger partial charge in [-0.1, -0.05) is 24.3 Å². The van der Waals surface area contributed by atoms with Crippen LogP contribution in [0.2, 0.25) is 0 Å². The third-order valence-corrected chi connectivity index (χ3v) is 4.77. The Labute approximate surface area is 132 Å². The number of aromatic nitrogens is 2. The molecule has 4 heteroatoms. The second-order valence-corrected chi connectivity index (χ2v) is 6.41. The zero-order valence-corrected chi connectivity index (χ0v) is 13.4. The summed E-state index contributed by atoms with van der Waals surface area (Å²) < 4.78 is 1.92. The number of hydrogen-bond donors (Lipinski definition) is 1. The van der Waals surface area contributed by atoms with Crippen LogP contribution in [0.1, 0.15) is 35.9 Å². The molecular weight excluding hydrogens is 274 g/mol. The van der Waals surface area contributed by atoms with Crippen molar-refractivity contribution >= 4 is 0 Å². The van der Waals surface area contributed by atoms with Gasteiger partial charge in [0.2, 0.25) is 0 Å². The second kappa shape index (κ2) is 6.63. The van der Waals surface area contributed by atoms with Crippen LogP contribution in [0.25, 0.3) is 0 Å². The van der Waals surface area contributed by atoms with Crippen molar-refractivity contribution in [3.63, 3.8) is 0 Å². The number of benzene rings is 1. The lowest BCUT2D eigenvalue weighted by molar-refractivity contribution is 0.0404. The van der Waals surface area contributed by atoms with E-state index in [1.807, 2.05) is 17.8 Å². The van der Waals surface area contributed by atoms with E-state index in [1.165, 1.54) is 11.1 Å². The average molecular weight is 299 g/mol. The lowest BCUT2D eigenvalue weighted by Gasteiger charge is -2.35. The maximum Gasteiger partial charge on any atom is 0.137 e. The smallest absolute Gasteiger partial charge is 0.137 e. The van der Waals surface area contributed by atoms with Crippen LogP contribution < -0.4 is 0 Å². The lowest BCUT2D eigenvalue weighted by atomic mass is 9.91. The summed E-state index contributed by atoms with van der Waals surface area (Å²) in [6, 6.07) is 8.56. The summed E-state index contributed by atoms with van der Waals surface area (Å²) in [7, 11) is 1.94. The van der Waals surface area contributed by atoms with E-state index in [-0.39, 0.29) is 5.92 Å². The van der Waals surface area contributed by atoms with Crippen molar-refractivity contribution in [3.8, 4) is 0 Å². The van der Waals surface area contributed by atoms with E-state index in [1.54, 1.807) is 6.20 Å². The van der Waals surface area contributed by atoms with Gasteiger partial charge in [0.25, 0.3) is 0 Å². The number of hydrogen-bond acceptors (Lipinski definition) is 3. The van der Waals surface area contributed by atoms with Crippen LogP contribution in [0.15, 0.2) is 36.7 Å². The quantitative estimate of drug-likeness (QED) is 0.943. The van der Waals surface area contributed by atoms with Crippen LogP contribution in [0.5, 0.6) is 0 Å². The molecule has 1 aromatic heterocycles. The molecule has 0 saturated carbocycles. The van der Waals surface area contributed by atoms with Crippen molar-refractivity contribution in [1.82, 2.24) is 14.5 Å². The topological polar surface area (TPSA) is 41.3 Å². The molecule has 1 N–H and O–H groups in total. The standard InChI is InChI=1S/C18H25N3O/c1-14-6-3-4-7-15(14)12-21-10-5-8-16(13-21)17(22)18-19-9-11-20(18)2/h3-4,6-7,9,11,16-17,22H,5,8,10,12-13H2,1-2H3. The summed E-state index contributed by atoms with van der Waals surface area (Å²) in [6.07, 6.45) is 5.38. The minimum Gasteiger partial charge on any atom is -0.385 e. The molecule has 0 aliphatic carbocycles. The molecule has 22 heavy (non-hydrogen) atoms. The van der Waals surface area contributed by atoms with Crippen molar-refractivity contribution in [2.45, 2.75) is 32.4 Å². The lowest BCUT2D eigenvalue weighted by Crippen LogP contribution is -2.38. The molecule has 1 aliphatic rings. The monoisotopic (exact) mass is 299 g/mol. The summed E-state index contributed by atoms with van der Waals surface area (Å²) >= 11 is 0. The first-order valence-corrected chi connectivity index (χ1v) is 8.07. The van der Waals surface area contributed by atoms with Crippen LogP contribution >= 0.6 is 0 Å². The van der Waals surface area contributed by atoms with Crippen LogP contribution in [0.3, 0.4) is 0 Å². The Morgan fingerprint density at radius 1 is 1.36 bits per heavy atom. The van der Waals surface area contributed by atoms with Gasteiger partial charge in [-0.2, -0.15) is 0 Å². The summed E-state index contributed by atoms with van der Waals surface area (Å²) in [6.45, 7) is 5.18. The van der Waals surface area contributed by atoms with Crippen molar-refractivity contribution < 1.29 is 5.11 Å². The van der Waals surface area contributed by atoms with Crippen LogP contribution in [0, 0.1) is 12.8 Å².